The van der Waals surface area contributed by atoms with Crippen molar-refractivity contribution in [1.82, 2.24) is 0 Å². The van der Waals surface area contributed by atoms with Gasteiger partial charge in [0, 0.05) is 0 Å². The van der Waals surface area contributed by atoms with Gasteiger partial charge in [0.25, 0.3) is 0 Å². The van der Waals surface area contributed by atoms with Crippen LogP contribution in [0.4, 0.5) is 0 Å². The van der Waals surface area contributed by atoms with E-state index >= 15 is 0 Å². The minimum atomic E-state index is 0. The molecule has 0 atom stereocenters. The fraction of sp³-hybridized carbons (Fsp3) is 0.700. The average Bonchev–Trinajstić information content (AvgIpc) is 1.85. The molecule has 0 spiro atoms. The Bertz CT molecular complexity index is 42.1. The first-order chi connectivity index (χ1) is 4.68. The second-order valence-electron chi connectivity index (χ2n) is 2.70. The van der Waals surface area contributed by atoms with Gasteiger partial charge in [0.1, 0.15) is 0 Å². The van der Waals surface area contributed by atoms with Gasteiger partial charge in [-0.3, -0.25) is 0 Å². The zero-order valence-electron chi connectivity index (χ0n) is 8.85. The molecule has 0 aromatic heterocycles. The summed E-state index contributed by atoms with van der Waals surface area (Å²) in [7, 11) is 0. The van der Waals surface area contributed by atoms with Crippen LogP contribution >= 0.6 is 0 Å². The summed E-state index contributed by atoms with van der Waals surface area (Å²) in [6.45, 7) is 12.1. The molecule has 64 valence electrons. The standard InChI is InChI=1S/C7H14.C3H7.K/c1-4-5-6-7(2)3;1-3-2;/h6-7H,1,4-5H2,2-3H3;3H,1-2H3;/q-2;-1;+1. The van der Waals surface area contributed by atoms with Crippen molar-refractivity contribution in [1.29, 1.82) is 0 Å². The summed E-state index contributed by atoms with van der Waals surface area (Å²) in [5.41, 5.74) is 0. The largest absolute Gasteiger partial charge is 1.00 e. The summed E-state index contributed by atoms with van der Waals surface area (Å²) in [5.74, 6) is 0.738. The topological polar surface area (TPSA) is 0 Å². The molecule has 0 aromatic carbocycles. The van der Waals surface area contributed by atoms with E-state index in [-0.39, 0.29) is 51.4 Å². The summed E-state index contributed by atoms with van der Waals surface area (Å²) in [5, 5.41) is 0. The summed E-state index contributed by atoms with van der Waals surface area (Å²) in [4.78, 5) is 0. The maximum atomic E-state index is 3.73. The van der Waals surface area contributed by atoms with Crippen LogP contribution in [0.5, 0.6) is 0 Å². The quantitative estimate of drug-likeness (QED) is 0.443. The second-order valence-corrected chi connectivity index (χ2v) is 2.70. The van der Waals surface area contributed by atoms with Crippen molar-refractivity contribution in [2.45, 2.75) is 40.5 Å². The molecule has 0 aliphatic rings. The molecule has 0 bridgehead atoms. The van der Waals surface area contributed by atoms with Gasteiger partial charge in [-0.1, -0.05) is 13.8 Å². The first-order valence-electron chi connectivity index (χ1n) is 4.05. The number of unbranched alkanes of at least 4 members (excludes halogenated alkanes) is 1. The van der Waals surface area contributed by atoms with E-state index in [0.29, 0.717) is 0 Å². The first-order valence-corrected chi connectivity index (χ1v) is 4.05. The van der Waals surface area contributed by atoms with Crippen LogP contribution in [0.3, 0.4) is 0 Å². The Labute approximate surface area is 116 Å². The molecule has 0 aromatic rings. The molecule has 0 radical (unpaired) electrons. The molecule has 0 N–H and O–H groups in total. The number of hydrogen-bond acceptors (Lipinski definition) is 0. The smallest absolute Gasteiger partial charge is 0.346 e. The Morgan fingerprint density at radius 1 is 1.27 bits per heavy atom. The van der Waals surface area contributed by atoms with Crippen LogP contribution in [-0.2, 0) is 0 Å². The predicted octanol–water partition coefficient (Wildman–Crippen LogP) is 0.695. The van der Waals surface area contributed by atoms with Crippen LogP contribution in [0.2, 0.25) is 0 Å². The van der Waals surface area contributed by atoms with Crippen molar-refractivity contribution in [2.24, 2.45) is 5.92 Å². The molecule has 0 aliphatic carbocycles. The van der Waals surface area contributed by atoms with Crippen LogP contribution in [0.25, 0.3) is 0 Å². The Hall–Kier alpha value is 1.64. The van der Waals surface area contributed by atoms with Crippen molar-refractivity contribution in [3.05, 3.63) is 19.8 Å². The molecule has 11 heavy (non-hydrogen) atoms. The molecule has 0 rings (SSSR count). The van der Waals surface area contributed by atoms with Crippen LogP contribution in [-0.4, -0.2) is 0 Å². The molecule has 0 nitrogen and oxygen atoms in total. The maximum Gasteiger partial charge on any atom is 1.00 e. The SMILES string of the molecule is C[CH-]C.[CH2-]CC[CH-]C(C)C.[K+]. The molecule has 1 heteroatoms. The molecule has 0 aliphatic heterocycles. The zero-order chi connectivity index (χ0) is 8.41. The van der Waals surface area contributed by atoms with Crippen molar-refractivity contribution < 1.29 is 51.4 Å². The minimum absolute atomic E-state index is 0. The molecule has 0 saturated heterocycles. The van der Waals surface area contributed by atoms with Crippen LogP contribution in [0.15, 0.2) is 0 Å². The van der Waals surface area contributed by atoms with E-state index in [1.165, 1.54) is 0 Å². The normalized spacial score (nSPS) is 8.18. The minimum Gasteiger partial charge on any atom is -0.346 e. The van der Waals surface area contributed by atoms with Crippen LogP contribution in [0.1, 0.15) is 40.5 Å². The summed E-state index contributed by atoms with van der Waals surface area (Å²) in [6.07, 6.45) is 6.49. The van der Waals surface area contributed by atoms with Crippen molar-refractivity contribution in [3.63, 3.8) is 0 Å². The van der Waals surface area contributed by atoms with E-state index in [9.17, 15) is 0 Å². The van der Waals surface area contributed by atoms with Gasteiger partial charge >= 0.3 is 51.4 Å². The Balaban J connectivity index is -0.000000140. The zero-order valence-corrected chi connectivity index (χ0v) is 12.0. The van der Waals surface area contributed by atoms with Crippen LogP contribution < -0.4 is 51.4 Å². The van der Waals surface area contributed by atoms with Gasteiger partial charge in [-0.05, 0) is 0 Å². The van der Waals surface area contributed by atoms with Crippen molar-refractivity contribution in [2.75, 3.05) is 0 Å². The van der Waals surface area contributed by atoms with Gasteiger partial charge in [0.05, 0.1) is 0 Å². The van der Waals surface area contributed by atoms with Crippen molar-refractivity contribution in [3.8, 4) is 0 Å². The van der Waals surface area contributed by atoms with E-state index in [4.69, 9.17) is 0 Å². The van der Waals surface area contributed by atoms with Gasteiger partial charge in [0.2, 0.25) is 0 Å². The van der Waals surface area contributed by atoms with E-state index in [0.717, 1.165) is 18.8 Å². The van der Waals surface area contributed by atoms with Crippen LogP contribution in [0, 0.1) is 25.7 Å². The van der Waals surface area contributed by atoms with Crippen molar-refractivity contribution >= 4 is 0 Å². The first kappa shape index (κ1) is 18.4. The molecule has 0 unspecified atom stereocenters. The maximum absolute atomic E-state index is 3.73. The fourth-order valence-electron chi connectivity index (χ4n) is 0.451. The third-order valence-electron chi connectivity index (χ3n) is 0.842. The summed E-state index contributed by atoms with van der Waals surface area (Å²) >= 11 is 0. The van der Waals surface area contributed by atoms with E-state index in [1.807, 2.05) is 20.3 Å². The average molecular weight is 180 g/mol. The molecular formula is C10H21K-2. The third kappa shape index (κ3) is 34.0. The Morgan fingerprint density at radius 3 is 1.73 bits per heavy atom. The van der Waals surface area contributed by atoms with E-state index < -0.39 is 0 Å². The van der Waals surface area contributed by atoms with Gasteiger partial charge in [-0.15, -0.1) is 0 Å². The molecular weight excluding hydrogens is 159 g/mol. The predicted molar refractivity (Wildman–Crippen MR) is 49.4 cm³/mol. The number of rotatable bonds is 3. The van der Waals surface area contributed by atoms with Gasteiger partial charge in [-0.2, -0.15) is 19.8 Å². The Kier molecular flexibility index (Phi) is 29.6. The van der Waals surface area contributed by atoms with Gasteiger partial charge in [0.15, 0.2) is 0 Å². The molecule has 0 amide bonds. The molecule has 0 saturated carbocycles. The summed E-state index contributed by atoms with van der Waals surface area (Å²) in [6, 6.07) is 0. The third-order valence-corrected chi connectivity index (χ3v) is 0.842. The molecule has 0 heterocycles. The number of hydrogen-bond donors (Lipinski definition) is 0. The van der Waals surface area contributed by atoms with Gasteiger partial charge < -0.3 is 19.8 Å². The summed E-state index contributed by atoms with van der Waals surface area (Å²) < 4.78 is 0. The van der Waals surface area contributed by atoms with E-state index in [1.54, 1.807) is 0 Å². The second kappa shape index (κ2) is 17.6. The van der Waals surface area contributed by atoms with Gasteiger partial charge in [-0.25, -0.2) is 12.8 Å². The van der Waals surface area contributed by atoms with E-state index in [2.05, 4.69) is 27.2 Å². The Morgan fingerprint density at radius 2 is 1.64 bits per heavy atom. The fourth-order valence-corrected chi connectivity index (χ4v) is 0.451. The molecule has 0 fully saturated rings. The monoisotopic (exact) mass is 180 g/mol.